The predicted molar refractivity (Wildman–Crippen MR) is 88.9 cm³/mol. The molecule has 0 aliphatic carbocycles. The largest absolute Gasteiger partial charge is 0.488 e. The van der Waals surface area contributed by atoms with Crippen LogP contribution in [0.2, 0.25) is 5.02 Å². The molecule has 3 rings (SSSR count). The van der Waals surface area contributed by atoms with E-state index in [2.05, 4.69) is 4.98 Å². The molecule has 23 heavy (non-hydrogen) atoms. The van der Waals surface area contributed by atoms with Gasteiger partial charge < -0.3 is 9.47 Å². The maximum absolute atomic E-state index is 11.8. The minimum atomic E-state index is -0.508. The van der Waals surface area contributed by atoms with Crippen LogP contribution in [0.3, 0.4) is 0 Å². The van der Waals surface area contributed by atoms with E-state index in [1.807, 2.05) is 30.3 Å². The molecule has 0 unspecified atom stereocenters. The maximum atomic E-state index is 11.8. The number of carbonyl (C=O) groups excluding carboxylic acids is 1. The molecule has 3 aromatic rings. The van der Waals surface area contributed by atoms with Gasteiger partial charge in [-0.25, -0.2) is 9.78 Å². The lowest BCUT2D eigenvalue weighted by atomic mass is 10.1. The number of hydrogen-bond acceptors (Lipinski definition) is 4. The third kappa shape index (κ3) is 3.43. The Kier molecular flexibility index (Phi) is 4.44. The summed E-state index contributed by atoms with van der Waals surface area (Å²) in [7, 11) is 1.32. The SMILES string of the molecule is COC(=O)c1cc(OCc2ccccc2)c2cc(Cl)ccc2n1. The fourth-order valence-electron chi connectivity index (χ4n) is 2.23. The molecule has 0 spiro atoms. The van der Waals surface area contributed by atoms with Crippen molar-refractivity contribution in [3.63, 3.8) is 0 Å². The van der Waals surface area contributed by atoms with Crippen LogP contribution in [0.25, 0.3) is 10.9 Å². The van der Waals surface area contributed by atoms with Crippen molar-refractivity contribution >= 4 is 28.5 Å². The van der Waals surface area contributed by atoms with Crippen molar-refractivity contribution in [1.82, 2.24) is 4.98 Å². The smallest absolute Gasteiger partial charge is 0.356 e. The van der Waals surface area contributed by atoms with Gasteiger partial charge in [-0.3, -0.25) is 0 Å². The minimum Gasteiger partial charge on any atom is -0.488 e. The Morgan fingerprint density at radius 1 is 1.13 bits per heavy atom. The molecular weight excluding hydrogens is 314 g/mol. The first-order valence-corrected chi connectivity index (χ1v) is 7.40. The Morgan fingerprint density at radius 3 is 2.65 bits per heavy atom. The molecule has 0 aliphatic rings. The van der Waals surface area contributed by atoms with E-state index in [1.165, 1.54) is 7.11 Å². The quantitative estimate of drug-likeness (QED) is 0.672. The maximum Gasteiger partial charge on any atom is 0.356 e. The van der Waals surface area contributed by atoms with Gasteiger partial charge >= 0.3 is 5.97 Å². The first-order valence-electron chi connectivity index (χ1n) is 7.03. The Morgan fingerprint density at radius 2 is 1.91 bits per heavy atom. The molecule has 5 heteroatoms. The molecular formula is C18H14ClNO3. The summed E-state index contributed by atoms with van der Waals surface area (Å²) in [6.07, 6.45) is 0. The summed E-state index contributed by atoms with van der Waals surface area (Å²) in [6.45, 7) is 0.382. The van der Waals surface area contributed by atoms with Crippen molar-refractivity contribution in [2.45, 2.75) is 6.61 Å². The zero-order valence-corrected chi connectivity index (χ0v) is 13.2. The number of benzene rings is 2. The van der Waals surface area contributed by atoms with Gasteiger partial charge in [0.25, 0.3) is 0 Å². The van der Waals surface area contributed by atoms with E-state index >= 15 is 0 Å². The van der Waals surface area contributed by atoms with Gasteiger partial charge in [0, 0.05) is 16.5 Å². The van der Waals surface area contributed by atoms with Crippen LogP contribution in [0.1, 0.15) is 16.1 Å². The lowest BCUT2D eigenvalue weighted by Crippen LogP contribution is -2.06. The highest BCUT2D eigenvalue weighted by Crippen LogP contribution is 2.29. The average Bonchev–Trinajstić information content (AvgIpc) is 2.59. The van der Waals surface area contributed by atoms with Crippen LogP contribution in [0.15, 0.2) is 54.6 Å². The van der Waals surface area contributed by atoms with Gasteiger partial charge in [-0.05, 0) is 23.8 Å². The fraction of sp³-hybridized carbons (Fsp3) is 0.111. The van der Waals surface area contributed by atoms with E-state index in [-0.39, 0.29) is 5.69 Å². The average molecular weight is 328 g/mol. The molecule has 0 amide bonds. The fourth-order valence-corrected chi connectivity index (χ4v) is 2.40. The third-order valence-corrected chi connectivity index (χ3v) is 3.60. The van der Waals surface area contributed by atoms with Crippen LogP contribution in [0.5, 0.6) is 5.75 Å². The van der Waals surface area contributed by atoms with Crippen molar-refractivity contribution in [2.24, 2.45) is 0 Å². The van der Waals surface area contributed by atoms with Crippen molar-refractivity contribution in [2.75, 3.05) is 7.11 Å². The predicted octanol–water partition coefficient (Wildman–Crippen LogP) is 4.25. The zero-order chi connectivity index (χ0) is 16.2. The van der Waals surface area contributed by atoms with Gasteiger partial charge in [0.15, 0.2) is 5.69 Å². The molecule has 2 aromatic carbocycles. The minimum absolute atomic E-state index is 0.199. The highest BCUT2D eigenvalue weighted by Gasteiger charge is 2.14. The molecule has 0 aliphatic heterocycles. The molecule has 0 atom stereocenters. The number of pyridine rings is 1. The second-order valence-electron chi connectivity index (χ2n) is 4.93. The molecule has 0 fully saturated rings. The first kappa shape index (κ1) is 15.3. The van der Waals surface area contributed by atoms with Crippen molar-refractivity contribution in [3.05, 3.63) is 70.9 Å². The highest BCUT2D eigenvalue weighted by molar-refractivity contribution is 6.31. The van der Waals surface area contributed by atoms with E-state index in [4.69, 9.17) is 21.1 Å². The summed E-state index contributed by atoms with van der Waals surface area (Å²) in [5.74, 6) is 0.0353. The normalized spacial score (nSPS) is 10.5. The zero-order valence-electron chi connectivity index (χ0n) is 12.5. The molecule has 0 saturated carbocycles. The van der Waals surface area contributed by atoms with Gasteiger partial charge in [-0.2, -0.15) is 0 Å². The summed E-state index contributed by atoms with van der Waals surface area (Å²) >= 11 is 6.06. The number of esters is 1. The van der Waals surface area contributed by atoms with Crippen molar-refractivity contribution < 1.29 is 14.3 Å². The summed E-state index contributed by atoms with van der Waals surface area (Å²) in [5, 5.41) is 1.33. The van der Waals surface area contributed by atoms with Gasteiger partial charge in [-0.1, -0.05) is 41.9 Å². The van der Waals surface area contributed by atoms with Crippen LogP contribution in [0.4, 0.5) is 0 Å². The summed E-state index contributed by atoms with van der Waals surface area (Å²) in [6, 6.07) is 16.6. The number of hydrogen-bond donors (Lipinski definition) is 0. The number of rotatable bonds is 4. The molecule has 0 N–H and O–H groups in total. The number of nitrogens with zero attached hydrogens (tertiary/aromatic N) is 1. The second-order valence-corrected chi connectivity index (χ2v) is 5.37. The van der Waals surface area contributed by atoms with E-state index in [0.717, 1.165) is 10.9 Å². The summed E-state index contributed by atoms with van der Waals surface area (Å²) in [4.78, 5) is 16.1. The second kappa shape index (κ2) is 6.67. The topological polar surface area (TPSA) is 48.4 Å². The standard InChI is InChI=1S/C18H14ClNO3/c1-22-18(21)16-10-17(23-11-12-5-3-2-4-6-12)14-9-13(19)7-8-15(14)20-16/h2-10H,11H2,1H3. The lowest BCUT2D eigenvalue weighted by Gasteiger charge is -2.11. The first-order chi connectivity index (χ1) is 11.2. The van der Waals surface area contributed by atoms with Gasteiger partial charge in [0.1, 0.15) is 12.4 Å². The molecule has 0 radical (unpaired) electrons. The molecule has 1 heterocycles. The van der Waals surface area contributed by atoms with E-state index in [1.54, 1.807) is 24.3 Å². The third-order valence-electron chi connectivity index (χ3n) is 3.36. The Labute approximate surface area is 138 Å². The number of halogens is 1. The van der Waals surface area contributed by atoms with Crippen LogP contribution >= 0.6 is 11.6 Å². The van der Waals surface area contributed by atoms with E-state index < -0.39 is 5.97 Å². The monoisotopic (exact) mass is 327 g/mol. The van der Waals surface area contributed by atoms with Gasteiger partial charge in [0.2, 0.25) is 0 Å². The van der Waals surface area contributed by atoms with E-state index in [9.17, 15) is 4.79 Å². The van der Waals surface area contributed by atoms with E-state index in [0.29, 0.717) is 22.9 Å². The van der Waals surface area contributed by atoms with Crippen LogP contribution in [0, 0.1) is 0 Å². The van der Waals surface area contributed by atoms with Crippen molar-refractivity contribution in [1.29, 1.82) is 0 Å². The Balaban J connectivity index is 2.01. The van der Waals surface area contributed by atoms with Crippen molar-refractivity contribution in [3.8, 4) is 5.75 Å². The number of ether oxygens (including phenoxy) is 2. The molecule has 1 aromatic heterocycles. The van der Waals surface area contributed by atoms with Gasteiger partial charge in [-0.15, -0.1) is 0 Å². The number of methoxy groups -OCH3 is 1. The van der Waals surface area contributed by atoms with Crippen LogP contribution < -0.4 is 4.74 Å². The Bertz CT molecular complexity index is 850. The molecule has 0 bridgehead atoms. The number of carbonyl (C=O) groups is 1. The summed E-state index contributed by atoms with van der Waals surface area (Å²) in [5.41, 5.74) is 1.85. The Hall–Kier alpha value is -2.59. The number of aromatic nitrogens is 1. The highest BCUT2D eigenvalue weighted by atomic mass is 35.5. The molecule has 0 saturated heterocycles. The number of fused-ring (bicyclic) bond motifs is 1. The van der Waals surface area contributed by atoms with Crippen LogP contribution in [-0.2, 0) is 11.3 Å². The van der Waals surface area contributed by atoms with Gasteiger partial charge in [0.05, 0.1) is 12.6 Å². The summed E-state index contributed by atoms with van der Waals surface area (Å²) < 4.78 is 10.6. The molecule has 116 valence electrons. The lowest BCUT2D eigenvalue weighted by molar-refractivity contribution is 0.0594. The van der Waals surface area contributed by atoms with Crippen LogP contribution in [-0.4, -0.2) is 18.1 Å². The molecule has 4 nitrogen and oxygen atoms in total.